The fraction of sp³-hybridized carbons (Fsp3) is 0.800. The third-order valence-corrected chi connectivity index (χ3v) is 5.02. The van der Waals surface area contributed by atoms with E-state index in [-0.39, 0.29) is 0 Å². The Balaban J connectivity index is 2.88. The van der Waals surface area contributed by atoms with Gasteiger partial charge >= 0.3 is 6.18 Å². The van der Waals surface area contributed by atoms with E-state index < -0.39 is 53.0 Å². The fourth-order valence-corrected chi connectivity index (χ4v) is 3.31. The molecule has 21 heavy (non-hydrogen) atoms. The van der Waals surface area contributed by atoms with Crippen LogP contribution in [-0.2, 0) is 19.6 Å². The summed E-state index contributed by atoms with van der Waals surface area (Å²) in [5.74, 6) is -1.66. The van der Waals surface area contributed by atoms with E-state index in [2.05, 4.69) is 0 Å². The Bertz CT molecular complexity index is 532. The molecule has 0 bridgehead atoms. The van der Waals surface area contributed by atoms with Gasteiger partial charge in [0.1, 0.15) is 6.54 Å². The lowest BCUT2D eigenvalue weighted by atomic mass is 10.4. The highest BCUT2D eigenvalue weighted by Gasteiger charge is 2.44. The first-order valence-electron chi connectivity index (χ1n) is 5.91. The van der Waals surface area contributed by atoms with Crippen LogP contribution >= 0.6 is 0 Å². The first-order chi connectivity index (χ1) is 9.36. The molecule has 0 aliphatic carbocycles. The van der Waals surface area contributed by atoms with Crippen molar-refractivity contribution in [2.45, 2.75) is 18.3 Å². The zero-order valence-electron chi connectivity index (χ0n) is 11.7. The van der Waals surface area contributed by atoms with Crippen LogP contribution in [0.5, 0.6) is 0 Å². The summed E-state index contributed by atoms with van der Waals surface area (Å²) in [6.45, 7) is -1.78. The molecule has 1 unspecified atom stereocenters. The van der Waals surface area contributed by atoms with E-state index in [1.807, 2.05) is 0 Å². The molecule has 1 aliphatic heterocycles. The second kappa shape index (κ2) is 5.79. The number of sulfonamides is 1. The summed E-state index contributed by atoms with van der Waals surface area (Å²) < 4.78 is 61.7. The molecule has 0 aromatic heterocycles. The molecule has 0 radical (unpaired) electrons. The highest BCUT2D eigenvalue weighted by Crippen LogP contribution is 2.22. The maximum Gasteiger partial charge on any atom is 0.406 e. The van der Waals surface area contributed by atoms with Crippen LogP contribution < -0.4 is 0 Å². The summed E-state index contributed by atoms with van der Waals surface area (Å²) in [6.07, 6.45) is -4.61. The lowest BCUT2D eigenvalue weighted by Gasteiger charge is -2.23. The van der Waals surface area contributed by atoms with E-state index in [0.29, 0.717) is 9.21 Å². The third-order valence-electron chi connectivity index (χ3n) is 2.96. The zero-order valence-corrected chi connectivity index (χ0v) is 12.5. The number of halogens is 3. The van der Waals surface area contributed by atoms with Crippen molar-refractivity contribution in [3.05, 3.63) is 0 Å². The Morgan fingerprint density at radius 1 is 1.38 bits per heavy atom. The number of hydrogen-bond acceptors (Lipinski definition) is 4. The minimum atomic E-state index is -4.61. The van der Waals surface area contributed by atoms with E-state index >= 15 is 0 Å². The van der Waals surface area contributed by atoms with Crippen LogP contribution in [0.15, 0.2) is 0 Å². The van der Waals surface area contributed by atoms with Crippen LogP contribution in [0, 0.1) is 0 Å². The number of rotatable bonds is 4. The van der Waals surface area contributed by atoms with Gasteiger partial charge in [0.25, 0.3) is 0 Å². The van der Waals surface area contributed by atoms with Crippen molar-refractivity contribution < 1.29 is 31.2 Å². The predicted molar refractivity (Wildman–Crippen MR) is 66.4 cm³/mol. The molecule has 1 fully saturated rings. The minimum Gasteiger partial charge on any atom is -0.348 e. The molecular formula is C10H16F3N3O4S. The van der Waals surface area contributed by atoms with Crippen LogP contribution in [0.25, 0.3) is 0 Å². The Labute approximate surface area is 120 Å². The maximum atomic E-state index is 12.3. The van der Waals surface area contributed by atoms with Gasteiger partial charge in [0.15, 0.2) is 5.25 Å². The fourth-order valence-electron chi connectivity index (χ4n) is 1.81. The summed E-state index contributed by atoms with van der Waals surface area (Å²) in [5, 5.41) is -1.47. The molecule has 7 nitrogen and oxygen atoms in total. The molecule has 0 aromatic rings. The van der Waals surface area contributed by atoms with Gasteiger partial charge in [-0.25, -0.2) is 8.42 Å². The summed E-state index contributed by atoms with van der Waals surface area (Å²) in [6, 6.07) is 0. The van der Waals surface area contributed by atoms with Gasteiger partial charge in [-0.15, -0.1) is 0 Å². The number of nitrogens with zero attached hydrogens (tertiary/aromatic N) is 3. The van der Waals surface area contributed by atoms with Crippen molar-refractivity contribution in [1.82, 2.24) is 14.1 Å². The van der Waals surface area contributed by atoms with Gasteiger partial charge in [0, 0.05) is 14.1 Å². The van der Waals surface area contributed by atoms with Crippen LogP contribution in [0.4, 0.5) is 13.2 Å². The average Bonchev–Trinajstić information content (AvgIpc) is 2.67. The Kier molecular flexibility index (Phi) is 4.88. The number of alkyl halides is 3. The molecule has 1 rings (SSSR count). The van der Waals surface area contributed by atoms with Gasteiger partial charge in [-0.3, -0.25) is 9.59 Å². The van der Waals surface area contributed by atoms with E-state index in [0.717, 1.165) is 11.8 Å². The normalized spacial score (nSPS) is 19.0. The summed E-state index contributed by atoms with van der Waals surface area (Å²) >= 11 is 0. The van der Waals surface area contributed by atoms with Crippen LogP contribution in [0.3, 0.4) is 0 Å². The van der Waals surface area contributed by atoms with E-state index in [4.69, 9.17) is 0 Å². The summed E-state index contributed by atoms with van der Waals surface area (Å²) in [4.78, 5) is 24.6. The van der Waals surface area contributed by atoms with Gasteiger partial charge in [0.05, 0.1) is 13.2 Å². The van der Waals surface area contributed by atoms with Crippen molar-refractivity contribution in [2.24, 2.45) is 0 Å². The van der Waals surface area contributed by atoms with E-state index in [1.54, 1.807) is 0 Å². The van der Waals surface area contributed by atoms with Crippen LogP contribution in [0.1, 0.15) is 6.92 Å². The standard InChI is InChI=1S/C10H16F3N3O4S/c1-7(9(18)14(2)3)21(19,20)16-4-8(17)15(6-16)5-10(11,12)13/h7H,4-6H2,1-3H3. The van der Waals surface area contributed by atoms with Crippen molar-refractivity contribution in [3.63, 3.8) is 0 Å². The number of carbonyl (C=O) groups is 2. The molecule has 0 spiro atoms. The number of amides is 2. The molecule has 122 valence electrons. The molecule has 2 amide bonds. The molecule has 1 heterocycles. The van der Waals surface area contributed by atoms with Crippen molar-refractivity contribution in [3.8, 4) is 0 Å². The molecule has 11 heteroatoms. The first-order valence-corrected chi connectivity index (χ1v) is 7.41. The second-order valence-electron chi connectivity index (χ2n) is 4.88. The average molecular weight is 331 g/mol. The van der Waals surface area contributed by atoms with Crippen molar-refractivity contribution in [1.29, 1.82) is 0 Å². The highest BCUT2D eigenvalue weighted by molar-refractivity contribution is 7.90. The SMILES string of the molecule is CC(C(=O)N(C)C)S(=O)(=O)N1CC(=O)N(CC(F)(F)F)C1. The van der Waals surface area contributed by atoms with Gasteiger partial charge < -0.3 is 9.80 Å². The quantitative estimate of drug-likeness (QED) is 0.693. The summed E-state index contributed by atoms with van der Waals surface area (Å²) in [5.41, 5.74) is 0. The number of carbonyl (C=O) groups excluding carboxylic acids is 2. The second-order valence-corrected chi connectivity index (χ2v) is 7.13. The third kappa shape index (κ3) is 4.06. The minimum absolute atomic E-state index is 0.393. The lowest BCUT2D eigenvalue weighted by molar-refractivity contribution is -0.157. The Morgan fingerprint density at radius 3 is 2.33 bits per heavy atom. The maximum absolute atomic E-state index is 12.3. The van der Waals surface area contributed by atoms with Crippen molar-refractivity contribution >= 4 is 21.8 Å². The molecule has 0 aromatic carbocycles. The van der Waals surface area contributed by atoms with Crippen molar-refractivity contribution in [2.75, 3.05) is 33.9 Å². The Hall–Kier alpha value is -1.36. The molecule has 1 atom stereocenters. The summed E-state index contributed by atoms with van der Waals surface area (Å²) in [7, 11) is -1.47. The van der Waals surface area contributed by atoms with Gasteiger partial charge in [0.2, 0.25) is 21.8 Å². The molecule has 0 saturated carbocycles. The predicted octanol–water partition coefficient (Wildman–Crippen LogP) is -0.543. The lowest BCUT2D eigenvalue weighted by Crippen LogP contribution is -2.45. The first kappa shape index (κ1) is 17.7. The highest BCUT2D eigenvalue weighted by atomic mass is 32.2. The van der Waals surface area contributed by atoms with Crippen LogP contribution in [0.2, 0.25) is 0 Å². The van der Waals surface area contributed by atoms with Crippen LogP contribution in [-0.4, -0.2) is 79.6 Å². The van der Waals surface area contributed by atoms with Gasteiger partial charge in [-0.1, -0.05) is 0 Å². The molecule has 1 saturated heterocycles. The van der Waals surface area contributed by atoms with Gasteiger partial charge in [-0.05, 0) is 6.92 Å². The van der Waals surface area contributed by atoms with E-state index in [1.165, 1.54) is 14.1 Å². The molecule has 1 aliphatic rings. The number of hydrogen-bond donors (Lipinski definition) is 0. The van der Waals surface area contributed by atoms with Gasteiger partial charge in [-0.2, -0.15) is 17.5 Å². The van der Waals surface area contributed by atoms with E-state index in [9.17, 15) is 31.2 Å². The largest absolute Gasteiger partial charge is 0.406 e. The topological polar surface area (TPSA) is 78.0 Å². The molecule has 0 N–H and O–H groups in total. The zero-order chi connectivity index (χ0) is 16.6. The monoisotopic (exact) mass is 331 g/mol. The molecular weight excluding hydrogens is 315 g/mol. The smallest absolute Gasteiger partial charge is 0.348 e. The Morgan fingerprint density at radius 2 is 1.90 bits per heavy atom.